The maximum absolute atomic E-state index is 13.1. The molecule has 0 bridgehead atoms. The second-order valence-electron chi connectivity index (χ2n) is 7.80. The van der Waals surface area contributed by atoms with Gasteiger partial charge < -0.3 is 15.0 Å². The first-order valence-electron chi connectivity index (χ1n) is 10.7. The summed E-state index contributed by atoms with van der Waals surface area (Å²) in [6.07, 6.45) is -0.0269. The highest BCUT2D eigenvalue weighted by Gasteiger charge is 2.27. The average molecular weight is 494 g/mol. The van der Waals surface area contributed by atoms with E-state index in [1.807, 2.05) is 0 Å². The number of amides is 2. The zero-order valence-electron chi connectivity index (χ0n) is 18.3. The number of nitrogens with one attached hydrogen (secondary N) is 1. The number of benzene rings is 3. The highest BCUT2D eigenvalue weighted by Crippen LogP contribution is 2.29. The number of esters is 1. The van der Waals surface area contributed by atoms with Crippen molar-refractivity contribution < 1.29 is 24.0 Å². The van der Waals surface area contributed by atoms with Crippen LogP contribution in [0.15, 0.2) is 72.8 Å². The number of nitro groups is 1. The van der Waals surface area contributed by atoms with Crippen molar-refractivity contribution in [2.75, 3.05) is 16.8 Å². The summed E-state index contributed by atoms with van der Waals surface area (Å²) in [5.74, 6) is -1.38. The molecule has 9 nitrogen and oxygen atoms in total. The van der Waals surface area contributed by atoms with Gasteiger partial charge in [0.2, 0.25) is 12.0 Å². The molecule has 0 saturated carbocycles. The van der Waals surface area contributed by atoms with E-state index in [0.717, 1.165) is 12.5 Å². The first kappa shape index (κ1) is 23.9. The van der Waals surface area contributed by atoms with Gasteiger partial charge in [-0.3, -0.25) is 19.7 Å². The first-order chi connectivity index (χ1) is 16.8. The van der Waals surface area contributed by atoms with Crippen LogP contribution in [-0.2, 0) is 14.3 Å². The Bertz CT molecular complexity index is 1280. The fourth-order valence-corrected chi connectivity index (χ4v) is 3.91. The standard InChI is InChI=1S/C25H20ClN3O6/c26-20-15-19(29(33)34)12-13-21(20)27-24(31)23(16-5-2-1-3-6-16)35-25(32)17-8-10-18(11-9-17)28-14-4-7-22(28)30/h1-3,5-6,8-13,15,23H,4,7,14H2,(H,27,31). The summed E-state index contributed by atoms with van der Waals surface area (Å²) >= 11 is 6.09. The van der Waals surface area contributed by atoms with E-state index in [4.69, 9.17) is 16.3 Å². The quantitative estimate of drug-likeness (QED) is 0.284. The highest BCUT2D eigenvalue weighted by atomic mass is 35.5. The predicted molar refractivity (Wildman–Crippen MR) is 129 cm³/mol. The van der Waals surface area contributed by atoms with Gasteiger partial charge in [0, 0.05) is 36.3 Å². The number of anilines is 2. The third-order valence-electron chi connectivity index (χ3n) is 5.47. The maximum atomic E-state index is 13.1. The van der Waals surface area contributed by atoms with Crippen LogP contribution in [0.2, 0.25) is 5.02 Å². The lowest BCUT2D eigenvalue weighted by molar-refractivity contribution is -0.384. The number of carbonyl (C=O) groups excluding carboxylic acids is 3. The van der Waals surface area contributed by atoms with Gasteiger partial charge in [0.05, 0.1) is 21.2 Å². The van der Waals surface area contributed by atoms with E-state index < -0.39 is 22.9 Å². The SMILES string of the molecule is O=C(OC(C(=O)Nc1ccc([N+](=O)[O-])cc1Cl)c1ccccc1)c1ccc(N2CCCC2=O)cc1. The molecular formula is C25H20ClN3O6. The molecule has 178 valence electrons. The number of nitro benzene ring substituents is 1. The smallest absolute Gasteiger partial charge is 0.339 e. The molecule has 0 aliphatic carbocycles. The monoisotopic (exact) mass is 493 g/mol. The van der Waals surface area contributed by atoms with E-state index >= 15 is 0 Å². The Morgan fingerprint density at radius 2 is 1.77 bits per heavy atom. The van der Waals surface area contributed by atoms with Crippen molar-refractivity contribution in [1.29, 1.82) is 0 Å². The Balaban J connectivity index is 1.53. The van der Waals surface area contributed by atoms with Gasteiger partial charge >= 0.3 is 5.97 Å². The summed E-state index contributed by atoms with van der Waals surface area (Å²) in [6, 6.07) is 18.5. The van der Waals surface area contributed by atoms with Crippen LogP contribution in [0, 0.1) is 10.1 Å². The summed E-state index contributed by atoms with van der Waals surface area (Å²) in [7, 11) is 0. The van der Waals surface area contributed by atoms with Gasteiger partial charge in [0.1, 0.15) is 0 Å². The number of ether oxygens (including phenoxy) is 1. The molecule has 1 saturated heterocycles. The van der Waals surface area contributed by atoms with Crippen molar-refractivity contribution in [2.45, 2.75) is 18.9 Å². The van der Waals surface area contributed by atoms with Crippen LogP contribution in [0.25, 0.3) is 0 Å². The van der Waals surface area contributed by atoms with E-state index in [-0.39, 0.29) is 27.9 Å². The minimum Gasteiger partial charge on any atom is -0.444 e. The highest BCUT2D eigenvalue weighted by molar-refractivity contribution is 6.34. The molecule has 1 aliphatic rings. The molecule has 1 fully saturated rings. The largest absolute Gasteiger partial charge is 0.444 e. The summed E-state index contributed by atoms with van der Waals surface area (Å²) in [6.45, 7) is 0.629. The van der Waals surface area contributed by atoms with Crippen LogP contribution < -0.4 is 10.2 Å². The van der Waals surface area contributed by atoms with Gasteiger partial charge in [-0.25, -0.2) is 4.79 Å². The lowest BCUT2D eigenvalue weighted by Crippen LogP contribution is -2.26. The molecule has 35 heavy (non-hydrogen) atoms. The molecule has 4 rings (SSSR count). The zero-order chi connectivity index (χ0) is 24.9. The molecule has 0 spiro atoms. The summed E-state index contributed by atoms with van der Waals surface area (Å²) in [5.41, 5.74) is 1.24. The summed E-state index contributed by atoms with van der Waals surface area (Å²) < 4.78 is 5.56. The van der Waals surface area contributed by atoms with E-state index in [1.165, 1.54) is 24.3 Å². The van der Waals surface area contributed by atoms with Gasteiger partial charge in [-0.1, -0.05) is 41.9 Å². The fourth-order valence-electron chi connectivity index (χ4n) is 3.69. The van der Waals surface area contributed by atoms with E-state index in [1.54, 1.807) is 47.4 Å². The molecule has 3 aromatic carbocycles. The number of nitrogens with zero attached hydrogens (tertiary/aromatic N) is 2. The molecule has 1 atom stereocenters. The Labute approximate surface area is 205 Å². The average Bonchev–Trinajstić information content (AvgIpc) is 3.29. The molecular weight excluding hydrogens is 474 g/mol. The van der Waals surface area contributed by atoms with Crippen molar-refractivity contribution in [3.8, 4) is 0 Å². The van der Waals surface area contributed by atoms with Crippen molar-refractivity contribution in [3.05, 3.63) is 99.1 Å². The number of hydrogen-bond acceptors (Lipinski definition) is 6. The lowest BCUT2D eigenvalue weighted by Gasteiger charge is -2.19. The van der Waals surface area contributed by atoms with Crippen LogP contribution >= 0.6 is 11.6 Å². The van der Waals surface area contributed by atoms with Gasteiger partial charge in [-0.2, -0.15) is 0 Å². The van der Waals surface area contributed by atoms with Gasteiger partial charge in [-0.05, 0) is 36.8 Å². The topological polar surface area (TPSA) is 119 Å². The molecule has 1 unspecified atom stereocenters. The molecule has 10 heteroatoms. The number of carbonyl (C=O) groups is 3. The second-order valence-corrected chi connectivity index (χ2v) is 8.21. The van der Waals surface area contributed by atoms with Crippen LogP contribution in [-0.4, -0.2) is 29.3 Å². The predicted octanol–water partition coefficient (Wildman–Crippen LogP) is 4.91. The molecule has 1 heterocycles. The Morgan fingerprint density at radius 3 is 2.37 bits per heavy atom. The normalized spacial score (nSPS) is 13.9. The number of rotatable bonds is 7. The Hall–Kier alpha value is -4.24. The number of halogens is 1. The van der Waals surface area contributed by atoms with Crippen LogP contribution in [0.5, 0.6) is 0 Å². The molecule has 1 aliphatic heterocycles. The van der Waals surface area contributed by atoms with Crippen molar-refractivity contribution in [1.82, 2.24) is 0 Å². The minimum atomic E-state index is -1.31. The van der Waals surface area contributed by atoms with E-state index in [0.29, 0.717) is 24.2 Å². The van der Waals surface area contributed by atoms with Gasteiger partial charge in [-0.15, -0.1) is 0 Å². The third kappa shape index (κ3) is 5.47. The summed E-state index contributed by atoms with van der Waals surface area (Å²) in [4.78, 5) is 49.9. The second kappa shape index (κ2) is 10.4. The molecule has 1 N–H and O–H groups in total. The Kier molecular flexibility index (Phi) is 7.07. The first-order valence-corrected chi connectivity index (χ1v) is 11.1. The molecule has 0 radical (unpaired) electrons. The molecule has 2 amide bonds. The fraction of sp³-hybridized carbons (Fsp3) is 0.160. The minimum absolute atomic E-state index is 0.0299. The lowest BCUT2D eigenvalue weighted by atomic mass is 10.1. The van der Waals surface area contributed by atoms with Crippen LogP contribution in [0.3, 0.4) is 0 Å². The van der Waals surface area contributed by atoms with E-state index in [9.17, 15) is 24.5 Å². The maximum Gasteiger partial charge on any atom is 0.339 e. The Morgan fingerprint density at radius 1 is 1.06 bits per heavy atom. The van der Waals surface area contributed by atoms with E-state index in [2.05, 4.69) is 5.32 Å². The number of hydrogen-bond donors (Lipinski definition) is 1. The van der Waals surface area contributed by atoms with Gasteiger partial charge in [0.25, 0.3) is 11.6 Å². The number of non-ortho nitro benzene ring substituents is 1. The van der Waals surface area contributed by atoms with Crippen molar-refractivity contribution >= 4 is 46.4 Å². The summed E-state index contributed by atoms with van der Waals surface area (Å²) in [5, 5.41) is 13.5. The van der Waals surface area contributed by atoms with Crippen LogP contribution in [0.1, 0.15) is 34.9 Å². The van der Waals surface area contributed by atoms with Crippen molar-refractivity contribution in [3.63, 3.8) is 0 Å². The zero-order valence-corrected chi connectivity index (χ0v) is 19.1. The van der Waals surface area contributed by atoms with Crippen molar-refractivity contribution in [2.24, 2.45) is 0 Å². The molecule has 3 aromatic rings. The third-order valence-corrected chi connectivity index (χ3v) is 5.79. The van der Waals surface area contributed by atoms with Gasteiger partial charge in [0.15, 0.2) is 0 Å². The van der Waals surface area contributed by atoms with Crippen LogP contribution in [0.4, 0.5) is 17.1 Å². The molecule has 0 aromatic heterocycles.